The Bertz CT molecular complexity index is 685. The Morgan fingerprint density at radius 1 is 1.24 bits per heavy atom. The van der Waals surface area contributed by atoms with Crippen LogP contribution in [0, 0.1) is 6.92 Å². The maximum Gasteiger partial charge on any atom is 0.246 e. The number of aromatic nitrogens is 4. The van der Waals surface area contributed by atoms with Crippen LogP contribution in [0.3, 0.4) is 0 Å². The van der Waals surface area contributed by atoms with Gasteiger partial charge in [0.1, 0.15) is 23.6 Å². The molecule has 0 aliphatic carbocycles. The molecule has 1 saturated heterocycles. The second-order valence-electron chi connectivity index (χ2n) is 5.95. The molecule has 0 spiro atoms. The normalized spacial score (nSPS) is 28.7. The summed E-state index contributed by atoms with van der Waals surface area (Å²) in [6.45, 7) is 7.48. The summed E-state index contributed by atoms with van der Waals surface area (Å²) in [6.07, 6.45) is 1.29. The molecule has 0 amide bonds. The molecule has 0 radical (unpaired) electrons. The second kappa shape index (κ2) is 4.56. The van der Waals surface area contributed by atoms with Gasteiger partial charge in [-0.05, 0) is 27.2 Å². The van der Waals surface area contributed by atoms with Crippen molar-refractivity contribution in [2.45, 2.75) is 45.4 Å². The van der Waals surface area contributed by atoms with Gasteiger partial charge in [0.25, 0.3) is 0 Å². The van der Waals surface area contributed by atoms with Crippen LogP contribution in [0.5, 0.6) is 5.88 Å². The minimum atomic E-state index is 0.218. The molecule has 1 N–H and O–H groups in total. The lowest BCUT2D eigenvalue weighted by Gasteiger charge is -2.33. The fraction of sp³-hybridized carbons (Fsp3) is 0.643. The summed E-state index contributed by atoms with van der Waals surface area (Å²) in [4.78, 5) is 11.4. The van der Waals surface area contributed by atoms with Crippen LogP contribution >= 0.6 is 0 Å². The maximum absolute atomic E-state index is 5.82. The van der Waals surface area contributed by atoms with Crippen molar-refractivity contribution in [2.24, 2.45) is 0 Å². The summed E-state index contributed by atoms with van der Waals surface area (Å²) < 4.78 is 11.6. The van der Waals surface area contributed by atoms with Crippen LogP contribution in [-0.2, 0) is 4.74 Å². The Labute approximate surface area is 122 Å². The van der Waals surface area contributed by atoms with E-state index in [1.54, 1.807) is 0 Å². The number of ether oxygens (including phenoxy) is 2. The van der Waals surface area contributed by atoms with Crippen molar-refractivity contribution in [1.82, 2.24) is 20.2 Å². The number of hydrogen-bond donors (Lipinski definition) is 1. The van der Waals surface area contributed by atoms with Crippen LogP contribution < -0.4 is 9.64 Å². The molecule has 2 aliphatic rings. The van der Waals surface area contributed by atoms with Crippen LogP contribution in [0.15, 0.2) is 0 Å². The zero-order valence-corrected chi connectivity index (χ0v) is 12.5. The van der Waals surface area contributed by atoms with Crippen LogP contribution in [0.25, 0.3) is 11.0 Å². The first-order chi connectivity index (χ1) is 10.1. The summed E-state index contributed by atoms with van der Waals surface area (Å²) in [5, 5.41) is 8.05. The first kappa shape index (κ1) is 12.8. The molecule has 0 bridgehead atoms. The van der Waals surface area contributed by atoms with Gasteiger partial charge in [-0.3, -0.25) is 5.10 Å². The van der Waals surface area contributed by atoms with Crippen molar-refractivity contribution in [2.75, 3.05) is 18.1 Å². The molecule has 112 valence electrons. The number of anilines is 1. The van der Waals surface area contributed by atoms with Gasteiger partial charge in [-0.25, -0.2) is 9.97 Å². The maximum atomic E-state index is 5.82. The number of aromatic amines is 1. The van der Waals surface area contributed by atoms with Gasteiger partial charge in [0.2, 0.25) is 5.88 Å². The average molecular weight is 289 g/mol. The molecule has 0 saturated carbocycles. The van der Waals surface area contributed by atoms with Gasteiger partial charge in [0.05, 0.1) is 24.8 Å². The van der Waals surface area contributed by atoms with Crippen molar-refractivity contribution in [3.05, 3.63) is 5.82 Å². The first-order valence-corrected chi connectivity index (χ1v) is 7.39. The molecule has 3 atom stereocenters. The minimum absolute atomic E-state index is 0.218. The van der Waals surface area contributed by atoms with Gasteiger partial charge in [-0.2, -0.15) is 0 Å². The fourth-order valence-electron chi connectivity index (χ4n) is 3.30. The number of H-pyrrole nitrogens is 1. The first-order valence-electron chi connectivity index (χ1n) is 7.39. The molecule has 2 aromatic heterocycles. The third kappa shape index (κ3) is 1.95. The van der Waals surface area contributed by atoms with E-state index in [0.29, 0.717) is 18.5 Å². The standard InChI is InChI=1S/C14H19N5O2/c1-7-5-21-14-11-12(17-18-14)15-9(3)16-13(11)19(7)10-4-8(2)20-6-10/h7-8,10H,4-6H2,1-3H3,(H,15,16,17,18). The van der Waals surface area contributed by atoms with Crippen LogP contribution in [-0.4, -0.2) is 51.6 Å². The Hall–Kier alpha value is -1.89. The highest BCUT2D eigenvalue weighted by Gasteiger charge is 2.36. The molecule has 21 heavy (non-hydrogen) atoms. The lowest BCUT2D eigenvalue weighted by atomic mass is 10.1. The molecular weight excluding hydrogens is 270 g/mol. The highest BCUT2D eigenvalue weighted by Crippen LogP contribution is 2.37. The van der Waals surface area contributed by atoms with Gasteiger partial charge < -0.3 is 14.4 Å². The van der Waals surface area contributed by atoms with Crippen molar-refractivity contribution < 1.29 is 9.47 Å². The zero-order chi connectivity index (χ0) is 14.6. The lowest BCUT2D eigenvalue weighted by molar-refractivity contribution is 0.122. The number of hydrogen-bond acceptors (Lipinski definition) is 6. The number of rotatable bonds is 1. The summed E-state index contributed by atoms with van der Waals surface area (Å²) >= 11 is 0. The number of aryl methyl sites for hydroxylation is 1. The molecule has 4 rings (SSSR count). The van der Waals surface area contributed by atoms with Crippen LogP contribution in [0.2, 0.25) is 0 Å². The Kier molecular flexibility index (Phi) is 2.78. The highest BCUT2D eigenvalue weighted by atomic mass is 16.5. The van der Waals surface area contributed by atoms with Crippen molar-refractivity contribution in [3.8, 4) is 5.88 Å². The quantitative estimate of drug-likeness (QED) is 0.856. The molecule has 2 aliphatic heterocycles. The van der Waals surface area contributed by atoms with E-state index in [2.05, 4.69) is 38.9 Å². The molecule has 2 aromatic rings. The lowest BCUT2D eigenvalue weighted by Crippen LogP contribution is -2.45. The topological polar surface area (TPSA) is 76.2 Å². The smallest absolute Gasteiger partial charge is 0.246 e. The van der Waals surface area contributed by atoms with Crippen molar-refractivity contribution in [3.63, 3.8) is 0 Å². The van der Waals surface area contributed by atoms with E-state index >= 15 is 0 Å². The number of nitrogens with zero attached hydrogens (tertiary/aromatic N) is 4. The second-order valence-corrected chi connectivity index (χ2v) is 5.95. The van der Waals surface area contributed by atoms with Gasteiger partial charge in [0.15, 0.2) is 5.65 Å². The summed E-state index contributed by atoms with van der Waals surface area (Å²) in [6, 6.07) is 0.535. The van der Waals surface area contributed by atoms with Crippen molar-refractivity contribution >= 4 is 16.9 Å². The third-order valence-electron chi connectivity index (χ3n) is 4.23. The molecule has 4 heterocycles. The fourth-order valence-corrected chi connectivity index (χ4v) is 3.30. The van der Waals surface area contributed by atoms with E-state index in [0.717, 1.165) is 35.7 Å². The molecule has 1 fully saturated rings. The minimum Gasteiger partial charge on any atom is -0.474 e. The third-order valence-corrected chi connectivity index (χ3v) is 4.23. The molecule has 0 aromatic carbocycles. The Balaban J connectivity index is 1.89. The zero-order valence-electron chi connectivity index (χ0n) is 12.5. The van der Waals surface area contributed by atoms with Gasteiger partial charge in [0, 0.05) is 0 Å². The summed E-state index contributed by atoms with van der Waals surface area (Å²) in [7, 11) is 0. The highest BCUT2D eigenvalue weighted by molar-refractivity contribution is 5.92. The van der Waals surface area contributed by atoms with Gasteiger partial charge >= 0.3 is 0 Å². The monoisotopic (exact) mass is 289 g/mol. The molecular formula is C14H19N5O2. The Morgan fingerprint density at radius 2 is 2.10 bits per heavy atom. The number of nitrogens with one attached hydrogen (secondary N) is 1. The SMILES string of the molecule is Cc1nc2c3c(n[nH]c3n1)OCC(C)N2C1COC(C)C1. The largest absolute Gasteiger partial charge is 0.474 e. The molecule has 3 unspecified atom stereocenters. The van der Waals surface area contributed by atoms with Crippen molar-refractivity contribution in [1.29, 1.82) is 0 Å². The predicted octanol–water partition coefficient (Wildman–Crippen LogP) is 1.43. The predicted molar refractivity (Wildman–Crippen MR) is 77.7 cm³/mol. The summed E-state index contributed by atoms with van der Waals surface area (Å²) in [5.41, 5.74) is 0.735. The Morgan fingerprint density at radius 3 is 2.86 bits per heavy atom. The van der Waals surface area contributed by atoms with E-state index in [1.165, 1.54) is 0 Å². The summed E-state index contributed by atoms with van der Waals surface area (Å²) in [5.74, 6) is 2.24. The van der Waals surface area contributed by atoms with Crippen LogP contribution in [0.1, 0.15) is 26.1 Å². The van der Waals surface area contributed by atoms with Gasteiger partial charge in [-0.1, -0.05) is 0 Å². The van der Waals surface area contributed by atoms with Gasteiger partial charge in [-0.15, -0.1) is 5.10 Å². The molecule has 7 heteroatoms. The molecule has 7 nitrogen and oxygen atoms in total. The van der Waals surface area contributed by atoms with E-state index in [4.69, 9.17) is 9.47 Å². The van der Waals surface area contributed by atoms with E-state index in [9.17, 15) is 0 Å². The van der Waals surface area contributed by atoms with E-state index in [1.807, 2.05) is 6.92 Å². The average Bonchev–Trinajstić information content (AvgIpc) is 2.99. The van der Waals surface area contributed by atoms with E-state index < -0.39 is 0 Å². The van der Waals surface area contributed by atoms with E-state index in [-0.39, 0.29) is 12.1 Å². The van der Waals surface area contributed by atoms with Crippen LogP contribution in [0.4, 0.5) is 5.82 Å².